The summed E-state index contributed by atoms with van der Waals surface area (Å²) in [6, 6.07) is 10.7. The van der Waals surface area contributed by atoms with Gasteiger partial charge in [-0.3, -0.25) is 13.9 Å². The van der Waals surface area contributed by atoms with E-state index in [4.69, 9.17) is 21.1 Å². The molecule has 2 atom stereocenters. The molecule has 2 amide bonds. The Morgan fingerprint density at radius 2 is 1.81 bits per heavy atom. The Balaban J connectivity index is 1.94. The number of nitrogens with one attached hydrogen (secondary N) is 1. The predicted octanol–water partition coefficient (Wildman–Crippen LogP) is 3.56. The zero-order valence-corrected chi connectivity index (χ0v) is 22.4. The van der Waals surface area contributed by atoms with Gasteiger partial charge >= 0.3 is 0 Å². The van der Waals surface area contributed by atoms with E-state index in [9.17, 15) is 18.0 Å². The van der Waals surface area contributed by atoms with E-state index in [1.54, 1.807) is 43.3 Å². The lowest BCUT2D eigenvalue weighted by Crippen LogP contribution is -2.52. The molecule has 1 N–H and O–H groups in total. The summed E-state index contributed by atoms with van der Waals surface area (Å²) in [6.07, 6.45) is 0.729. The lowest BCUT2D eigenvalue weighted by atomic mass is 10.1. The number of nitrogens with zero attached hydrogens (tertiary/aromatic N) is 2. The van der Waals surface area contributed by atoms with Gasteiger partial charge in [0.15, 0.2) is 11.5 Å². The van der Waals surface area contributed by atoms with Gasteiger partial charge in [-0.05, 0) is 57.0 Å². The first-order valence-corrected chi connectivity index (χ1v) is 13.8. The second-order valence-electron chi connectivity index (χ2n) is 8.59. The van der Waals surface area contributed by atoms with Crippen LogP contribution in [0, 0.1) is 0 Å². The van der Waals surface area contributed by atoms with E-state index in [1.807, 2.05) is 13.8 Å². The van der Waals surface area contributed by atoms with Crippen LogP contribution in [0.2, 0.25) is 5.02 Å². The van der Waals surface area contributed by atoms with E-state index < -0.39 is 28.5 Å². The summed E-state index contributed by atoms with van der Waals surface area (Å²) in [7, 11) is -3.84. The second-order valence-corrected chi connectivity index (χ2v) is 11.2. The number of sulfonamides is 1. The summed E-state index contributed by atoms with van der Waals surface area (Å²) in [5.41, 5.74) is 0.987. The quantitative estimate of drug-likeness (QED) is 0.470. The molecule has 11 heteroatoms. The maximum atomic E-state index is 13.7. The van der Waals surface area contributed by atoms with Gasteiger partial charge in [0.25, 0.3) is 0 Å². The van der Waals surface area contributed by atoms with Gasteiger partial charge in [0.1, 0.15) is 12.6 Å². The number of benzene rings is 2. The first-order chi connectivity index (χ1) is 17.1. The Kier molecular flexibility index (Phi) is 9.08. The topological polar surface area (TPSA) is 105 Å². The fraction of sp³-hybridized carbons (Fsp3) is 0.440. The van der Waals surface area contributed by atoms with Gasteiger partial charge in [-0.15, -0.1) is 0 Å². The van der Waals surface area contributed by atoms with Crippen LogP contribution in [0.3, 0.4) is 0 Å². The lowest BCUT2D eigenvalue weighted by molar-refractivity contribution is -0.139. The van der Waals surface area contributed by atoms with E-state index in [0.717, 1.165) is 10.7 Å². The molecule has 0 saturated carbocycles. The fourth-order valence-electron chi connectivity index (χ4n) is 3.64. The lowest BCUT2D eigenvalue weighted by Gasteiger charge is -2.32. The maximum absolute atomic E-state index is 13.7. The molecule has 9 nitrogen and oxygen atoms in total. The van der Waals surface area contributed by atoms with Crippen LogP contribution < -0.4 is 19.1 Å². The van der Waals surface area contributed by atoms with Crippen molar-refractivity contribution < 1.29 is 27.5 Å². The molecule has 1 aliphatic rings. The zero-order valence-electron chi connectivity index (χ0n) is 20.9. The van der Waals surface area contributed by atoms with Crippen LogP contribution in [-0.2, 0) is 26.2 Å². The normalized spacial score (nSPS) is 14.1. The molecule has 0 aromatic heterocycles. The summed E-state index contributed by atoms with van der Waals surface area (Å²) in [6.45, 7) is 6.58. The smallest absolute Gasteiger partial charge is 0.244 e. The van der Waals surface area contributed by atoms with Crippen molar-refractivity contribution in [3.05, 3.63) is 53.1 Å². The highest BCUT2D eigenvalue weighted by atomic mass is 35.5. The summed E-state index contributed by atoms with van der Waals surface area (Å²) < 4.78 is 37.8. The Morgan fingerprint density at radius 1 is 1.08 bits per heavy atom. The van der Waals surface area contributed by atoms with Crippen LogP contribution in [0.4, 0.5) is 5.69 Å². The molecule has 1 aliphatic heterocycles. The van der Waals surface area contributed by atoms with Gasteiger partial charge in [0.05, 0.1) is 11.4 Å². The molecule has 36 heavy (non-hydrogen) atoms. The molecule has 0 unspecified atom stereocenters. The van der Waals surface area contributed by atoms with Crippen LogP contribution >= 0.6 is 11.6 Å². The van der Waals surface area contributed by atoms with E-state index in [2.05, 4.69) is 5.32 Å². The SMILES string of the molecule is CC[C@@H](C)NC(=O)[C@@H](C)N(Cc1cccc(Cl)c1)C(=O)CN(c1ccc2c(c1)OCO2)S(=O)(=O)CC. The standard InChI is InChI=1S/C25H32ClN3O6S/c1-5-17(3)27-25(31)18(4)28(14-19-8-7-9-20(26)12-19)24(30)15-29(36(32,33)6-2)21-10-11-22-23(13-21)35-16-34-22/h7-13,17-18H,5-6,14-16H2,1-4H3,(H,27,31)/t17-,18-/m1/s1. The minimum absolute atomic E-state index is 0.0362. The highest BCUT2D eigenvalue weighted by Gasteiger charge is 2.32. The van der Waals surface area contributed by atoms with Gasteiger partial charge in [-0.1, -0.05) is 30.7 Å². The predicted molar refractivity (Wildman–Crippen MR) is 139 cm³/mol. The van der Waals surface area contributed by atoms with Crippen molar-refractivity contribution in [2.75, 3.05) is 23.4 Å². The number of anilines is 1. The third-order valence-corrected chi connectivity index (χ3v) is 8.01. The van der Waals surface area contributed by atoms with Crippen molar-refractivity contribution >= 4 is 39.1 Å². The highest BCUT2D eigenvalue weighted by molar-refractivity contribution is 7.92. The molecule has 0 bridgehead atoms. The molecule has 3 rings (SSSR count). The van der Waals surface area contributed by atoms with Crippen LogP contribution in [0.15, 0.2) is 42.5 Å². The Labute approximate surface area is 217 Å². The summed E-state index contributed by atoms with van der Waals surface area (Å²) in [4.78, 5) is 28.0. The molecular weight excluding hydrogens is 506 g/mol. The zero-order chi connectivity index (χ0) is 26.5. The number of fused-ring (bicyclic) bond motifs is 1. The van der Waals surface area contributed by atoms with Crippen LogP contribution in [0.5, 0.6) is 11.5 Å². The number of hydrogen-bond acceptors (Lipinski definition) is 6. The molecule has 0 fully saturated rings. The monoisotopic (exact) mass is 537 g/mol. The largest absolute Gasteiger partial charge is 0.454 e. The van der Waals surface area contributed by atoms with Crippen LogP contribution in [-0.4, -0.2) is 56.3 Å². The number of carbonyl (C=O) groups is 2. The van der Waals surface area contributed by atoms with Crippen molar-refractivity contribution in [3.8, 4) is 11.5 Å². The Hall–Kier alpha value is -2.98. The first-order valence-electron chi connectivity index (χ1n) is 11.8. The molecule has 0 radical (unpaired) electrons. The van der Waals surface area contributed by atoms with E-state index >= 15 is 0 Å². The number of ether oxygens (including phenoxy) is 2. The number of halogens is 1. The maximum Gasteiger partial charge on any atom is 0.244 e. The molecule has 2 aromatic carbocycles. The average Bonchev–Trinajstić information content (AvgIpc) is 3.33. The van der Waals surface area contributed by atoms with E-state index in [0.29, 0.717) is 22.1 Å². The van der Waals surface area contributed by atoms with Gasteiger partial charge in [-0.2, -0.15) is 0 Å². The van der Waals surface area contributed by atoms with Crippen molar-refractivity contribution in [3.63, 3.8) is 0 Å². The molecule has 0 spiro atoms. The average molecular weight is 538 g/mol. The van der Waals surface area contributed by atoms with Crippen LogP contribution in [0.25, 0.3) is 0 Å². The number of carbonyl (C=O) groups excluding carboxylic acids is 2. The first kappa shape index (κ1) is 27.6. The van der Waals surface area contributed by atoms with Crippen molar-refractivity contribution in [2.24, 2.45) is 0 Å². The molecule has 196 valence electrons. The van der Waals surface area contributed by atoms with Gasteiger partial charge < -0.3 is 19.7 Å². The Morgan fingerprint density at radius 3 is 2.47 bits per heavy atom. The van der Waals surface area contributed by atoms with Gasteiger partial charge in [0, 0.05) is 23.7 Å². The Bertz CT molecular complexity index is 1210. The molecule has 0 saturated heterocycles. The highest BCUT2D eigenvalue weighted by Crippen LogP contribution is 2.36. The summed E-state index contributed by atoms with van der Waals surface area (Å²) in [5, 5.41) is 3.39. The number of hydrogen-bond donors (Lipinski definition) is 1. The van der Waals surface area contributed by atoms with E-state index in [1.165, 1.54) is 17.9 Å². The molecular formula is C25H32ClN3O6S. The second kappa shape index (κ2) is 11.8. The molecule has 0 aliphatic carbocycles. The minimum Gasteiger partial charge on any atom is -0.454 e. The summed E-state index contributed by atoms with van der Waals surface area (Å²) in [5.74, 6) is -0.179. The number of amides is 2. The van der Waals surface area contributed by atoms with Crippen molar-refractivity contribution in [1.29, 1.82) is 0 Å². The van der Waals surface area contributed by atoms with E-state index in [-0.39, 0.29) is 36.7 Å². The fourth-order valence-corrected chi connectivity index (χ4v) is 4.91. The molecule has 2 aromatic rings. The third-order valence-electron chi connectivity index (χ3n) is 6.03. The van der Waals surface area contributed by atoms with Crippen molar-refractivity contribution in [2.45, 2.75) is 52.7 Å². The number of rotatable bonds is 11. The van der Waals surface area contributed by atoms with Gasteiger partial charge in [-0.25, -0.2) is 8.42 Å². The minimum atomic E-state index is -3.84. The van der Waals surface area contributed by atoms with Crippen LogP contribution in [0.1, 0.15) is 39.7 Å². The van der Waals surface area contributed by atoms with Gasteiger partial charge in [0.2, 0.25) is 28.6 Å². The molecule has 1 heterocycles. The van der Waals surface area contributed by atoms with Crippen molar-refractivity contribution in [1.82, 2.24) is 10.2 Å². The third kappa shape index (κ3) is 6.61. The summed E-state index contributed by atoms with van der Waals surface area (Å²) >= 11 is 6.13.